The molecule has 1 atom stereocenters. The van der Waals surface area contributed by atoms with Crippen LogP contribution < -0.4 is 11.1 Å². The Kier molecular flexibility index (Phi) is 4.90. The van der Waals surface area contributed by atoms with Crippen molar-refractivity contribution < 1.29 is 14.3 Å². The standard InChI is InChI=1S/C16H17FN2O2/c17-14-9-12(6-7-15(14)18)16(21)19-13(10-20)8-11-4-2-1-3-5-11/h1-7,9,13,20H,8,10,18H2,(H,19,21). The number of nitrogen functional groups attached to an aromatic ring is 1. The minimum Gasteiger partial charge on any atom is -0.396 e. The van der Waals surface area contributed by atoms with Crippen LogP contribution in [0.3, 0.4) is 0 Å². The molecular weight excluding hydrogens is 271 g/mol. The monoisotopic (exact) mass is 288 g/mol. The molecule has 0 aliphatic heterocycles. The van der Waals surface area contributed by atoms with Gasteiger partial charge in [-0.15, -0.1) is 0 Å². The lowest BCUT2D eigenvalue weighted by molar-refractivity contribution is 0.0916. The first-order chi connectivity index (χ1) is 10.1. The molecule has 0 aliphatic rings. The van der Waals surface area contributed by atoms with Gasteiger partial charge in [-0.25, -0.2) is 4.39 Å². The first kappa shape index (κ1) is 15.0. The molecule has 0 aromatic heterocycles. The SMILES string of the molecule is Nc1ccc(C(=O)NC(CO)Cc2ccccc2)cc1F. The molecule has 0 saturated carbocycles. The maximum Gasteiger partial charge on any atom is 0.251 e. The topological polar surface area (TPSA) is 75.4 Å². The van der Waals surface area contributed by atoms with Gasteiger partial charge in [0.05, 0.1) is 18.3 Å². The Morgan fingerprint density at radius 3 is 2.57 bits per heavy atom. The lowest BCUT2D eigenvalue weighted by atomic mass is 10.1. The molecule has 4 nitrogen and oxygen atoms in total. The summed E-state index contributed by atoms with van der Waals surface area (Å²) in [5, 5.41) is 12.1. The van der Waals surface area contributed by atoms with E-state index in [0.29, 0.717) is 6.42 Å². The molecule has 4 N–H and O–H groups in total. The number of aliphatic hydroxyl groups is 1. The van der Waals surface area contributed by atoms with Crippen molar-refractivity contribution in [3.8, 4) is 0 Å². The molecule has 5 heteroatoms. The van der Waals surface area contributed by atoms with Crippen molar-refractivity contribution in [3.63, 3.8) is 0 Å². The molecule has 110 valence electrons. The first-order valence-corrected chi connectivity index (χ1v) is 6.61. The molecule has 0 aliphatic carbocycles. The van der Waals surface area contributed by atoms with E-state index in [4.69, 9.17) is 5.73 Å². The Hall–Kier alpha value is -2.40. The van der Waals surface area contributed by atoms with Crippen LogP contribution in [-0.4, -0.2) is 23.7 Å². The largest absolute Gasteiger partial charge is 0.396 e. The van der Waals surface area contributed by atoms with Crippen molar-refractivity contribution in [2.45, 2.75) is 12.5 Å². The number of nitrogens with one attached hydrogen (secondary N) is 1. The third-order valence-corrected chi connectivity index (χ3v) is 3.14. The number of carbonyl (C=O) groups excluding carboxylic acids is 1. The van der Waals surface area contributed by atoms with E-state index in [2.05, 4.69) is 5.32 Å². The quantitative estimate of drug-likeness (QED) is 0.734. The van der Waals surface area contributed by atoms with Crippen LogP contribution in [0.1, 0.15) is 15.9 Å². The molecule has 2 aromatic rings. The van der Waals surface area contributed by atoms with Crippen LogP contribution in [0.5, 0.6) is 0 Å². The van der Waals surface area contributed by atoms with E-state index < -0.39 is 17.8 Å². The number of hydrogen-bond donors (Lipinski definition) is 3. The predicted octanol–water partition coefficient (Wildman–Crippen LogP) is 1.74. The van der Waals surface area contributed by atoms with Crippen LogP contribution in [0.2, 0.25) is 0 Å². The van der Waals surface area contributed by atoms with Crippen LogP contribution in [0.25, 0.3) is 0 Å². The van der Waals surface area contributed by atoms with Gasteiger partial charge in [-0.1, -0.05) is 30.3 Å². The highest BCUT2D eigenvalue weighted by molar-refractivity contribution is 5.94. The molecule has 21 heavy (non-hydrogen) atoms. The molecule has 2 rings (SSSR count). The fraction of sp³-hybridized carbons (Fsp3) is 0.188. The van der Waals surface area contributed by atoms with Crippen molar-refractivity contribution in [3.05, 3.63) is 65.5 Å². The molecule has 0 radical (unpaired) electrons. The van der Waals surface area contributed by atoms with Gasteiger partial charge in [0.2, 0.25) is 0 Å². The van der Waals surface area contributed by atoms with Gasteiger partial charge in [-0.3, -0.25) is 4.79 Å². The number of hydrogen-bond acceptors (Lipinski definition) is 3. The number of rotatable bonds is 5. The summed E-state index contributed by atoms with van der Waals surface area (Å²) >= 11 is 0. The van der Waals surface area contributed by atoms with Gasteiger partial charge in [0.15, 0.2) is 0 Å². The zero-order chi connectivity index (χ0) is 15.2. The van der Waals surface area contributed by atoms with E-state index in [1.165, 1.54) is 12.1 Å². The van der Waals surface area contributed by atoms with Gasteiger partial charge in [0, 0.05) is 5.56 Å². The number of anilines is 1. The number of amides is 1. The Labute approximate surface area is 122 Å². The fourth-order valence-corrected chi connectivity index (χ4v) is 2.00. The summed E-state index contributed by atoms with van der Waals surface area (Å²) in [6.07, 6.45) is 0.501. The predicted molar refractivity (Wildman–Crippen MR) is 79.3 cm³/mol. The van der Waals surface area contributed by atoms with Gasteiger partial charge in [0.25, 0.3) is 5.91 Å². The summed E-state index contributed by atoms with van der Waals surface area (Å²) in [6, 6.07) is 13.0. The second-order valence-electron chi connectivity index (χ2n) is 4.78. The highest BCUT2D eigenvalue weighted by Gasteiger charge is 2.14. The van der Waals surface area contributed by atoms with Crippen LogP contribution in [-0.2, 0) is 6.42 Å². The van der Waals surface area contributed by atoms with E-state index in [0.717, 1.165) is 11.6 Å². The maximum atomic E-state index is 13.4. The van der Waals surface area contributed by atoms with Gasteiger partial charge in [0.1, 0.15) is 5.82 Å². The molecule has 0 spiro atoms. The van der Waals surface area contributed by atoms with Crippen molar-refractivity contribution in [1.29, 1.82) is 0 Å². The van der Waals surface area contributed by atoms with Crippen molar-refractivity contribution in [1.82, 2.24) is 5.32 Å². The number of halogens is 1. The molecule has 1 unspecified atom stereocenters. The molecule has 1 amide bonds. The minimum absolute atomic E-state index is 0.00505. The summed E-state index contributed by atoms with van der Waals surface area (Å²) in [5.41, 5.74) is 6.54. The lowest BCUT2D eigenvalue weighted by Gasteiger charge is -2.16. The number of carbonyl (C=O) groups is 1. The Balaban J connectivity index is 2.04. The number of aliphatic hydroxyl groups excluding tert-OH is 1. The number of nitrogens with two attached hydrogens (primary N) is 1. The van der Waals surface area contributed by atoms with Gasteiger partial charge in [-0.2, -0.15) is 0 Å². The lowest BCUT2D eigenvalue weighted by Crippen LogP contribution is -2.39. The fourth-order valence-electron chi connectivity index (χ4n) is 2.00. The van der Waals surface area contributed by atoms with E-state index in [1.807, 2.05) is 30.3 Å². The van der Waals surface area contributed by atoms with Crippen molar-refractivity contribution >= 4 is 11.6 Å². The van der Waals surface area contributed by atoms with E-state index in [1.54, 1.807) is 0 Å². The molecule has 0 heterocycles. The van der Waals surface area contributed by atoms with Crippen molar-refractivity contribution in [2.75, 3.05) is 12.3 Å². The molecule has 0 saturated heterocycles. The number of benzene rings is 2. The Bertz CT molecular complexity index is 617. The molecule has 2 aromatic carbocycles. The zero-order valence-corrected chi connectivity index (χ0v) is 11.4. The highest BCUT2D eigenvalue weighted by atomic mass is 19.1. The summed E-state index contributed by atoms with van der Waals surface area (Å²) < 4.78 is 13.4. The van der Waals surface area contributed by atoms with Crippen LogP contribution in [0.15, 0.2) is 48.5 Å². The molecular formula is C16H17FN2O2. The van der Waals surface area contributed by atoms with Crippen LogP contribution in [0.4, 0.5) is 10.1 Å². The summed E-state index contributed by atoms with van der Waals surface area (Å²) in [5.74, 6) is -1.07. The second-order valence-corrected chi connectivity index (χ2v) is 4.78. The van der Waals surface area contributed by atoms with Crippen molar-refractivity contribution in [2.24, 2.45) is 0 Å². The third kappa shape index (κ3) is 4.03. The van der Waals surface area contributed by atoms with E-state index in [-0.39, 0.29) is 17.9 Å². The normalized spacial score (nSPS) is 11.9. The van der Waals surface area contributed by atoms with Crippen LogP contribution in [0, 0.1) is 5.82 Å². The maximum absolute atomic E-state index is 13.4. The third-order valence-electron chi connectivity index (χ3n) is 3.14. The van der Waals surface area contributed by atoms with Gasteiger partial charge in [-0.05, 0) is 30.2 Å². The average Bonchev–Trinajstić information content (AvgIpc) is 2.50. The smallest absolute Gasteiger partial charge is 0.251 e. The Morgan fingerprint density at radius 1 is 1.24 bits per heavy atom. The highest BCUT2D eigenvalue weighted by Crippen LogP contribution is 2.12. The first-order valence-electron chi connectivity index (χ1n) is 6.61. The van der Waals surface area contributed by atoms with E-state index in [9.17, 15) is 14.3 Å². The average molecular weight is 288 g/mol. The van der Waals surface area contributed by atoms with Gasteiger partial charge < -0.3 is 16.2 Å². The van der Waals surface area contributed by atoms with Crippen LogP contribution >= 0.6 is 0 Å². The summed E-state index contributed by atoms with van der Waals surface area (Å²) in [6.45, 7) is -0.196. The Morgan fingerprint density at radius 2 is 1.95 bits per heavy atom. The van der Waals surface area contributed by atoms with E-state index >= 15 is 0 Å². The van der Waals surface area contributed by atoms with Gasteiger partial charge >= 0.3 is 0 Å². The second kappa shape index (κ2) is 6.85. The minimum atomic E-state index is -0.633. The molecule has 0 fully saturated rings. The molecule has 0 bridgehead atoms. The summed E-state index contributed by atoms with van der Waals surface area (Å²) in [4.78, 5) is 12.0. The zero-order valence-electron chi connectivity index (χ0n) is 11.4. The summed E-state index contributed by atoms with van der Waals surface area (Å²) in [7, 11) is 0.